The maximum absolute atomic E-state index is 5.41. The van der Waals surface area contributed by atoms with E-state index in [0.717, 1.165) is 22.7 Å². The molecule has 0 amide bonds. The Morgan fingerprint density at radius 2 is 2.22 bits per heavy atom. The van der Waals surface area contributed by atoms with Gasteiger partial charge < -0.3 is 15.1 Å². The average Bonchev–Trinajstić information content (AvgIpc) is 2.92. The van der Waals surface area contributed by atoms with Gasteiger partial charge >= 0.3 is 0 Å². The minimum absolute atomic E-state index is 0.436. The van der Waals surface area contributed by atoms with Gasteiger partial charge in [-0.15, -0.1) is 0 Å². The predicted octanol–water partition coefficient (Wildman–Crippen LogP) is 1.83. The molecule has 0 saturated carbocycles. The van der Waals surface area contributed by atoms with Gasteiger partial charge in [-0.05, 0) is 31.2 Å². The second-order valence-electron chi connectivity index (χ2n) is 4.35. The van der Waals surface area contributed by atoms with E-state index in [2.05, 4.69) is 34.8 Å². The summed E-state index contributed by atoms with van der Waals surface area (Å²) in [5.41, 5.74) is 10.8. The lowest BCUT2D eigenvalue weighted by Crippen LogP contribution is -2.07. The highest BCUT2D eigenvalue weighted by Crippen LogP contribution is 2.29. The van der Waals surface area contributed by atoms with Crippen molar-refractivity contribution in [2.24, 2.45) is 10.9 Å². The van der Waals surface area contributed by atoms with Crippen LogP contribution in [0.3, 0.4) is 0 Å². The Kier molecular flexibility index (Phi) is 2.64. The number of hydrogen-bond acceptors (Lipinski definition) is 3. The minimum Gasteiger partial charge on any atom is -0.394 e. The van der Waals surface area contributed by atoms with E-state index in [9.17, 15) is 0 Å². The van der Waals surface area contributed by atoms with Crippen molar-refractivity contribution in [3.05, 3.63) is 53.3 Å². The molecule has 1 aromatic carbocycles. The Balaban J connectivity index is 2.10. The zero-order valence-corrected chi connectivity index (χ0v) is 10.3. The van der Waals surface area contributed by atoms with Crippen LogP contribution in [0, 0.1) is 6.92 Å². The summed E-state index contributed by atoms with van der Waals surface area (Å²) in [5.74, 6) is 0. The molecule has 0 fully saturated rings. The first kappa shape index (κ1) is 11.0. The highest BCUT2D eigenvalue weighted by atomic mass is 16.6. The number of fused-ring (bicyclic) bond motifs is 3. The van der Waals surface area contributed by atoms with Crippen molar-refractivity contribution in [2.45, 2.75) is 6.92 Å². The average molecular weight is 241 g/mol. The quantitative estimate of drug-likeness (QED) is 0.562. The fourth-order valence-corrected chi connectivity index (χ4v) is 2.23. The van der Waals surface area contributed by atoms with Gasteiger partial charge in [0, 0.05) is 18.3 Å². The number of aryl methyl sites for hydroxylation is 1. The smallest absolute Gasteiger partial charge is 0.136 e. The molecular weight excluding hydrogens is 226 g/mol. The van der Waals surface area contributed by atoms with Gasteiger partial charge in [-0.25, -0.2) is 0 Å². The van der Waals surface area contributed by atoms with Crippen LogP contribution in [0.4, 0.5) is 0 Å². The lowest BCUT2D eigenvalue weighted by molar-refractivity contribution is 0.152. The second-order valence-corrected chi connectivity index (χ2v) is 4.35. The maximum atomic E-state index is 5.41. The topological polar surface area (TPSA) is 52.5 Å². The summed E-state index contributed by atoms with van der Waals surface area (Å²) in [4.78, 5) is 5.24. The van der Waals surface area contributed by atoms with Crippen molar-refractivity contribution in [2.75, 3.05) is 13.2 Å². The fraction of sp³-hybridized carbons (Fsp3) is 0.214. The van der Waals surface area contributed by atoms with E-state index in [1.807, 2.05) is 18.3 Å². The predicted molar refractivity (Wildman–Crippen MR) is 71.2 cm³/mol. The molecule has 0 bridgehead atoms. The van der Waals surface area contributed by atoms with Crippen molar-refractivity contribution < 1.29 is 4.84 Å². The second kappa shape index (κ2) is 4.31. The molecule has 92 valence electrons. The molecule has 4 heteroatoms. The Morgan fingerprint density at radius 3 is 3.06 bits per heavy atom. The van der Waals surface area contributed by atoms with Crippen LogP contribution in [0.25, 0.3) is 5.69 Å². The van der Waals surface area contributed by atoms with Gasteiger partial charge in [-0.3, -0.25) is 0 Å². The summed E-state index contributed by atoms with van der Waals surface area (Å²) in [6.07, 6.45) is 2.04. The molecule has 0 atom stereocenters. The number of benzene rings is 1. The Morgan fingerprint density at radius 1 is 1.33 bits per heavy atom. The molecule has 3 rings (SSSR count). The van der Waals surface area contributed by atoms with Gasteiger partial charge in [0.15, 0.2) is 0 Å². The number of oxime groups is 1. The van der Waals surface area contributed by atoms with Crippen LogP contribution < -0.4 is 5.73 Å². The lowest BCUT2D eigenvalue weighted by atomic mass is 10.1. The van der Waals surface area contributed by atoms with Crippen LogP contribution in [0.1, 0.15) is 16.8 Å². The first-order valence-corrected chi connectivity index (χ1v) is 6.00. The molecule has 0 aliphatic carbocycles. The van der Waals surface area contributed by atoms with E-state index in [1.54, 1.807) is 0 Å². The highest BCUT2D eigenvalue weighted by Gasteiger charge is 2.24. The summed E-state index contributed by atoms with van der Waals surface area (Å²) in [6.45, 7) is 2.98. The molecule has 0 saturated heterocycles. The molecular formula is C14H15N3O. The van der Waals surface area contributed by atoms with Crippen LogP contribution in [0.15, 0.2) is 41.7 Å². The van der Waals surface area contributed by atoms with Crippen molar-refractivity contribution in [3.8, 4) is 5.69 Å². The third-order valence-corrected chi connectivity index (χ3v) is 3.02. The van der Waals surface area contributed by atoms with E-state index in [0.29, 0.717) is 13.2 Å². The summed E-state index contributed by atoms with van der Waals surface area (Å²) < 4.78 is 2.12. The van der Waals surface area contributed by atoms with Crippen molar-refractivity contribution >= 4 is 5.71 Å². The lowest BCUT2D eigenvalue weighted by Gasteiger charge is -2.02. The summed E-state index contributed by atoms with van der Waals surface area (Å²) >= 11 is 0. The third kappa shape index (κ3) is 1.62. The normalized spacial score (nSPS) is 14.7. The molecule has 18 heavy (non-hydrogen) atoms. The number of nitrogens with zero attached hydrogens (tertiary/aromatic N) is 2. The number of aromatic nitrogens is 1. The van der Waals surface area contributed by atoms with Crippen LogP contribution in [-0.2, 0) is 4.84 Å². The Labute approximate surface area is 106 Å². The maximum Gasteiger partial charge on any atom is 0.136 e. The van der Waals surface area contributed by atoms with Crippen LogP contribution in [0.5, 0.6) is 0 Å². The molecule has 0 unspecified atom stereocenters. The van der Waals surface area contributed by atoms with Gasteiger partial charge in [0.05, 0.1) is 11.4 Å². The molecule has 2 N–H and O–H groups in total. The fourth-order valence-electron chi connectivity index (χ4n) is 2.23. The Bertz CT molecular complexity index is 613. The Hall–Kier alpha value is -2.07. The molecule has 1 aliphatic heterocycles. The zero-order chi connectivity index (χ0) is 12.5. The summed E-state index contributed by atoms with van der Waals surface area (Å²) in [5, 5.41) is 4.22. The largest absolute Gasteiger partial charge is 0.394 e. The third-order valence-electron chi connectivity index (χ3n) is 3.02. The van der Waals surface area contributed by atoms with Gasteiger partial charge in [-0.2, -0.15) is 0 Å². The van der Waals surface area contributed by atoms with E-state index in [-0.39, 0.29) is 0 Å². The first-order chi connectivity index (χ1) is 8.81. The van der Waals surface area contributed by atoms with Crippen LogP contribution in [0.2, 0.25) is 0 Å². The number of rotatable bonds is 3. The monoisotopic (exact) mass is 241 g/mol. The minimum atomic E-state index is 0.436. The van der Waals surface area contributed by atoms with Gasteiger partial charge in [0.2, 0.25) is 0 Å². The van der Waals surface area contributed by atoms with E-state index < -0.39 is 0 Å². The van der Waals surface area contributed by atoms with Crippen molar-refractivity contribution in [3.63, 3.8) is 0 Å². The number of hydrogen-bond donors (Lipinski definition) is 1. The molecule has 1 aromatic heterocycles. The molecule has 1 aliphatic rings. The van der Waals surface area contributed by atoms with Gasteiger partial charge in [-0.1, -0.05) is 16.8 Å². The summed E-state index contributed by atoms with van der Waals surface area (Å²) in [7, 11) is 0. The van der Waals surface area contributed by atoms with Crippen molar-refractivity contribution in [1.29, 1.82) is 0 Å². The molecule has 2 heterocycles. The SMILES string of the molecule is Cc1ccc2c(c1)C(=NOCCN)c1cccn1-2. The number of nitrogens with two attached hydrogens (primary N) is 1. The summed E-state index contributed by atoms with van der Waals surface area (Å²) in [6, 6.07) is 10.4. The zero-order valence-electron chi connectivity index (χ0n) is 10.3. The van der Waals surface area contributed by atoms with E-state index >= 15 is 0 Å². The van der Waals surface area contributed by atoms with E-state index in [1.165, 1.54) is 5.56 Å². The standard InChI is InChI=1S/C14H15N3O/c1-10-4-5-12-11(9-10)14(16-18-8-6-15)13-3-2-7-17(12)13/h2-5,7,9H,6,8,15H2,1H3. The van der Waals surface area contributed by atoms with E-state index in [4.69, 9.17) is 10.6 Å². The molecule has 2 aromatic rings. The molecule has 0 radical (unpaired) electrons. The van der Waals surface area contributed by atoms with Crippen molar-refractivity contribution in [1.82, 2.24) is 4.57 Å². The van der Waals surface area contributed by atoms with Gasteiger partial charge in [0.1, 0.15) is 12.3 Å². The van der Waals surface area contributed by atoms with Gasteiger partial charge in [0.25, 0.3) is 0 Å². The highest BCUT2D eigenvalue weighted by molar-refractivity contribution is 6.17. The first-order valence-electron chi connectivity index (χ1n) is 6.00. The van der Waals surface area contributed by atoms with Crippen LogP contribution >= 0.6 is 0 Å². The molecule has 0 spiro atoms. The van der Waals surface area contributed by atoms with Crippen LogP contribution in [-0.4, -0.2) is 23.4 Å². The molecule has 4 nitrogen and oxygen atoms in total.